The number of nitrogens with zero attached hydrogens (tertiary/aromatic N) is 3. The predicted molar refractivity (Wildman–Crippen MR) is 90.8 cm³/mol. The van der Waals surface area contributed by atoms with E-state index >= 15 is 0 Å². The fraction of sp³-hybridized carbons (Fsp3) is 0.0588. The summed E-state index contributed by atoms with van der Waals surface area (Å²) < 4.78 is 6.78. The number of hydrogen-bond acceptors (Lipinski definition) is 5. The van der Waals surface area contributed by atoms with Crippen LogP contribution in [-0.2, 0) is 11.3 Å². The molecule has 0 aliphatic rings. The molecule has 3 aromatic rings. The average molecular weight is 358 g/mol. The average Bonchev–Trinajstić information content (AvgIpc) is 3.09. The first kappa shape index (κ1) is 16.7. The minimum Gasteiger partial charge on any atom is -0.455 e. The Balaban J connectivity index is 1.71. The third-order valence-electron chi connectivity index (χ3n) is 3.39. The van der Waals surface area contributed by atoms with Crippen LogP contribution in [0.4, 0.5) is 5.69 Å². The van der Waals surface area contributed by atoms with E-state index in [0.717, 1.165) is 11.8 Å². The fourth-order valence-corrected chi connectivity index (χ4v) is 2.38. The highest BCUT2D eigenvalue weighted by Gasteiger charge is 2.22. The zero-order valence-corrected chi connectivity index (χ0v) is 13.6. The highest BCUT2D eigenvalue weighted by Crippen LogP contribution is 2.24. The molecular weight excluding hydrogens is 346 g/mol. The topological polar surface area (TPSA) is 87.3 Å². The highest BCUT2D eigenvalue weighted by atomic mass is 35.5. The molecule has 2 aromatic carbocycles. The van der Waals surface area contributed by atoms with Crippen LogP contribution < -0.4 is 0 Å². The number of halogens is 1. The van der Waals surface area contributed by atoms with Gasteiger partial charge in [0.1, 0.15) is 17.9 Å². The lowest BCUT2D eigenvalue weighted by atomic mass is 10.2. The molecule has 0 amide bonds. The second-order valence-corrected chi connectivity index (χ2v) is 5.52. The van der Waals surface area contributed by atoms with E-state index < -0.39 is 16.6 Å². The highest BCUT2D eigenvalue weighted by molar-refractivity contribution is 6.31. The molecule has 126 valence electrons. The van der Waals surface area contributed by atoms with E-state index in [1.54, 1.807) is 16.9 Å². The number of benzene rings is 2. The van der Waals surface area contributed by atoms with Crippen LogP contribution in [0, 0.1) is 10.1 Å². The van der Waals surface area contributed by atoms with E-state index in [1.165, 1.54) is 12.1 Å². The van der Waals surface area contributed by atoms with Crippen LogP contribution >= 0.6 is 11.6 Å². The van der Waals surface area contributed by atoms with Crippen molar-refractivity contribution in [2.24, 2.45) is 0 Å². The second kappa shape index (κ2) is 7.14. The Bertz CT molecular complexity index is 925. The number of carbonyl (C=O) groups excluding carboxylic acids is 1. The van der Waals surface area contributed by atoms with E-state index in [4.69, 9.17) is 16.3 Å². The van der Waals surface area contributed by atoms with Gasteiger partial charge >= 0.3 is 5.97 Å². The van der Waals surface area contributed by atoms with Crippen LogP contribution in [0.15, 0.2) is 60.8 Å². The summed E-state index contributed by atoms with van der Waals surface area (Å²) in [6.07, 6.45) is 1.74. The Kier molecular flexibility index (Phi) is 4.76. The van der Waals surface area contributed by atoms with Crippen molar-refractivity contribution in [1.29, 1.82) is 0 Å². The Morgan fingerprint density at radius 1 is 1.20 bits per heavy atom. The van der Waals surface area contributed by atoms with Gasteiger partial charge in [0, 0.05) is 17.3 Å². The second-order valence-electron chi connectivity index (χ2n) is 5.08. The van der Waals surface area contributed by atoms with Gasteiger partial charge in [0.15, 0.2) is 0 Å². The Hall–Kier alpha value is -3.19. The number of rotatable bonds is 5. The normalized spacial score (nSPS) is 10.4. The SMILES string of the molecule is O=C(OCc1ccn(-c2ccccc2)n1)c1ccc(Cl)cc1[N+](=O)[O-]. The molecule has 7 nitrogen and oxygen atoms in total. The molecular formula is C17H12ClN3O4. The Morgan fingerprint density at radius 2 is 1.96 bits per heavy atom. The van der Waals surface area contributed by atoms with E-state index in [0.29, 0.717) is 5.69 Å². The first-order valence-electron chi connectivity index (χ1n) is 7.25. The van der Waals surface area contributed by atoms with Crippen molar-refractivity contribution in [3.63, 3.8) is 0 Å². The van der Waals surface area contributed by atoms with Gasteiger partial charge in [-0.3, -0.25) is 10.1 Å². The van der Waals surface area contributed by atoms with Crippen LogP contribution in [-0.4, -0.2) is 20.7 Å². The molecule has 0 spiro atoms. The minimum atomic E-state index is -0.808. The fourth-order valence-electron chi connectivity index (χ4n) is 2.21. The number of para-hydroxylation sites is 1. The molecule has 1 aromatic heterocycles. The van der Waals surface area contributed by atoms with Crippen molar-refractivity contribution in [3.05, 3.63) is 87.2 Å². The van der Waals surface area contributed by atoms with Crippen molar-refractivity contribution >= 4 is 23.3 Å². The van der Waals surface area contributed by atoms with Crippen molar-refractivity contribution < 1.29 is 14.5 Å². The summed E-state index contributed by atoms with van der Waals surface area (Å²) in [6, 6.07) is 14.9. The summed E-state index contributed by atoms with van der Waals surface area (Å²) >= 11 is 5.73. The Labute approximate surface area is 147 Å². The maximum Gasteiger partial charge on any atom is 0.345 e. The molecule has 0 unspecified atom stereocenters. The minimum absolute atomic E-state index is 0.0988. The number of ether oxygens (including phenoxy) is 1. The molecule has 0 saturated carbocycles. The summed E-state index contributed by atoms with van der Waals surface area (Å²) in [5.74, 6) is -0.808. The number of nitro groups is 1. The summed E-state index contributed by atoms with van der Waals surface area (Å²) in [5.41, 5.74) is 0.839. The van der Waals surface area contributed by atoms with Crippen LogP contribution in [0.3, 0.4) is 0 Å². The van der Waals surface area contributed by atoms with Gasteiger partial charge in [-0.05, 0) is 30.3 Å². The number of esters is 1. The van der Waals surface area contributed by atoms with Gasteiger partial charge in [0.2, 0.25) is 0 Å². The largest absolute Gasteiger partial charge is 0.455 e. The maximum atomic E-state index is 12.1. The lowest BCUT2D eigenvalue weighted by molar-refractivity contribution is -0.385. The maximum absolute atomic E-state index is 12.1. The van der Waals surface area contributed by atoms with Gasteiger partial charge in [-0.15, -0.1) is 0 Å². The van der Waals surface area contributed by atoms with Crippen LogP contribution in [0.25, 0.3) is 5.69 Å². The van der Waals surface area contributed by atoms with Crippen molar-refractivity contribution in [2.45, 2.75) is 6.61 Å². The van der Waals surface area contributed by atoms with Crippen molar-refractivity contribution in [3.8, 4) is 5.69 Å². The summed E-state index contributed by atoms with van der Waals surface area (Å²) in [7, 11) is 0. The molecule has 0 radical (unpaired) electrons. The molecule has 3 rings (SSSR count). The van der Waals surface area contributed by atoms with Gasteiger partial charge < -0.3 is 4.74 Å². The van der Waals surface area contributed by atoms with Crippen LogP contribution in [0.5, 0.6) is 0 Å². The Morgan fingerprint density at radius 3 is 2.68 bits per heavy atom. The summed E-state index contributed by atoms with van der Waals surface area (Å²) in [5, 5.41) is 15.5. The van der Waals surface area contributed by atoms with Crippen LogP contribution in [0.2, 0.25) is 5.02 Å². The monoisotopic (exact) mass is 357 g/mol. The molecule has 1 heterocycles. The number of aromatic nitrogens is 2. The van der Waals surface area contributed by atoms with Gasteiger partial charge in [0.05, 0.1) is 10.6 Å². The van der Waals surface area contributed by atoms with Crippen molar-refractivity contribution in [1.82, 2.24) is 9.78 Å². The van der Waals surface area contributed by atoms with E-state index in [9.17, 15) is 14.9 Å². The molecule has 0 bridgehead atoms. The molecule has 25 heavy (non-hydrogen) atoms. The molecule has 0 fully saturated rings. The number of hydrogen-bond donors (Lipinski definition) is 0. The first-order chi connectivity index (χ1) is 12.0. The first-order valence-corrected chi connectivity index (χ1v) is 7.63. The summed E-state index contributed by atoms with van der Waals surface area (Å²) in [6.45, 7) is -0.0988. The molecule has 0 N–H and O–H groups in total. The smallest absolute Gasteiger partial charge is 0.345 e. The molecule has 0 aliphatic carbocycles. The standard InChI is InChI=1S/C17H12ClN3O4/c18-12-6-7-15(16(10-12)21(23)24)17(22)25-11-13-8-9-20(19-13)14-4-2-1-3-5-14/h1-10H,11H2. The lowest BCUT2D eigenvalue weighted by Crippen LogP contribution is -2.09. The van der Waals surface area contributed by atoms with E-state index in [2.05, 4.69) is 5.10 Å². The molecule has 0 atom stereocenters. The molecule has 0 aliphatic heterocycles. The third-order valence-corrected chi connectivity index (χ3v) is 3.63. The van der Waals surface area contributed by atoms with Gasteiger partial charge in [0.25, 0.3) is 5.69 Å². The quantitative estimate of drug-likeness (QED) is 0.394. The summed E-state index contributed by atoms with van der Waals surface area (Å²) in [4.78, 5) is 22.5. The molecule has 0 saturated heterocycles. The zero-order valence-electron chi connectivity index (χ0n) is 12.8. The number of carbonyl (C=O) groups is 1. The van der Waals surface area contributed by atoms with Gasteiger partial charge in [-0.2, -0.15) is 5.10 Å². The van der Waals surface area contributed by atoms with E-state index in [-0.39, 0.29) is 17.2 Å². The molecule has 8 heteroatoms. The van der Waals surface area contributed by atoms with Gasteiger partial charge in [-0.25, -0.2) is 9.48 Å². The number of nitro benzene ring substituents is 1. The predicted octanol–water partition coefficient (Wildman–Crippen LogP) is 3.79. The lowest BCUT2D eigenvalue weighted by Gasteiger charge is -2.04. The van der Waals surface area contributed by atoms with E-state index in [1.807, 2.05) is 30.3 Å². The van der Waals surface area contributed by atoms with Crippen LogP contribution in [0.1, 0.15) is 16.1 Å². The van der Waals surface area contributed by atoms with Gasteiger partial charge in [-0.1, -0.05) is 29.8 Å². The zero-order chi connectivity index (χ0) is 17.8. The third kappa shape index (κ3) is 3.84. The van der Waals surface area contributed by atoms with Crippen molar-refractivity contribution in [2.75, 3.05) is 0 Å².